The second-order valence-corrected chi connectivity index (χ2v) is 8.45. The number of hydrogen-bond acceptors (Lipinski definition) is 6. The average molecular weight is 422 g/mol. The zero-order chi connectivity index (χ0) is 21.4. The van der Waals surface area contributed by atoms with Gasteiger partial charge in [-0.15, -0.1) is 0 Å². The molecule has 2 aromatic rings. The number of aromatic nitrogens is 2. The SMILES string of the molecule is O=C1CCC(N2Cc3cc(CNc4cnn(C5CCCNC5)c4)ccc3C2=O)C(=O)N1. The first-order valence-corrected chi connectivity index (χ1v) is 10.8. The first kappa shape index (κ1) is 19.7. The van der Waals surface area contributed by atoms with Crippen molar-refractivity contribution in [2.45, 2.75) is 50.9 Å². The molecule has 5 rings (SSSR count). The highest BCUT2D eigenvalue weighted by Gasteiger charge is 2.39. The molecule has 9 nitrogen and oxygen atoms in total. The molecule has 3 amide bonds. The molecule has 0 radical (unpaired) electrons. The minimum Gasteiger partial charge on any atom is -0.378 e. The maximum Gasteiger partial charge on any atom is 0.255 e. The Morgan fingerprint density at radius 1 is 1.19 bits per heavy atom. The van der Waals surface area contributed by atoms with Gasteiger partial charge in [0.15, 0.2) is 0 Å². The average Bonchev–Trinajstić information content (AvgIpc) is 3.38. The lowest BCUT2D eigenvalue weighted by atomic mass is 10.0. The number of rotatable bonds is 5. The van der Waals surface area contributed by atoms with Crippen molar-refractivity contribution in [3.8, 4) is 0 Å². The molecule has 2 fully saturated rings. The molecule has 31 heavy (non-hydrogen) atoms. The van der Waals surface area contributed by atoms with E-state index in [9.17, 15) is 14.4 Å². The molecular weight excluding hydrogens is 396 g/mol. The molecule has 0 bridgehead atoms. The van der Waals surface area contributed by atoms with Crippen LogP contribution in [0.25, 0.3) is 0 Å². The molecule has 1 aromatic heterocycles. The van der Waals surface area contributed by atoms with Gasteiger partial charge in [-0.3, -0.25) is 24.4 Å². The second kappa shape index (κ2) is 8.14. The van der Waals surface area contributed by atoms with Crippen molar-refractivity contribution in [2.24, 2.45) is 0 Å². The highest BCUT2D eigenvalue weighted by Crippen LogP contribution is 2.28. The first-order chi connectivity index (χ1) is 15.1. The Morgan fingerprint density at radius 2 is 2.10 bits per heavy atom. The van der Waals surface area contributed by atoms with Crippen LogP contribution in [0.2, 0.25) is 0 Å². The third-order valence-corrected chi connectivity index (χ3v) is 6.33. The molecule has 2 saturated heterocycles. The normalized spacial score (nSPS) is 23.6. The minimum atomic E-state index is -0.584. The molecule has 0 spiro atoms. The van der Waals surface area contributed by atoms with Crippen molar-refractivity contribution >= 4 is 23.4 Å². The number of carbonyl (C=O) groups is 3. The van der Waals surface area contributed by atoms with Crippen LogP contribution in [0.3, 0.4) is 0 Å². The Balaban J connectivity index is 1.23. The monoisotopic (exact) mass is 422 g/mol. The number of amides is 3. The first-order valence-electron chi connectivity index (χ1n) is 10.8. The van der Waals surface area contributed by atoms with Gasteiger partial charge in [0, 0.05) is 37.8 Å². The number of carbonyl (C=O) groups excluding carboxylic acids is 3. The van der Waals surface area contributed by atoms with E-state index in [1.807, 2.05) is 35.3 Å². The standard InChI is InChI=1S/C22H26N6O3/c29-20-6-5-19(21(30)26-20)27-12-15-8-14(3-4-18(15)22(27)31)9-24-16-10-25-28(13-16)17-2-1-7-23-11-17/h3-4,8,10,13,17,19,23-24H,1-2,5-7,9,11-12H2,(H,26,29,30). The van der Waals surface area contributed by atoms with Crippen LogP contribution in [-0.2, 0) is 22.7 Å². The van der Waals surface area contributed by atoms with E-state index in [0.29, 0.717) is 31.1 Å². The quantitative estimate of drug-likeness (QED) is 0.625. The summed E-state index contributed by atoms with van der Waals surface area (Å²) in [5, 5.41) is 13.6. The summed E-state index contributed by atoms with van der Waals surface area (Å²) in [5.41, 5.74) is 3.57. The second-order valence-electron chi connectivity index (χ2n) is 8.45. The number of fused-ring (bicyclic) bond motifs is 1. The van der Waals surface area contributed by atoms with Gasteiger partial charge in [-0.1, -0.05) is 12.1 Å². The summed E-state index contributed by atoms with van der Waals surface area (Å²) >= 11 is 0. The van der Waals surface area contributed by atoms with Crippen molar-refractivity contribution in [2.75, 3.05) is 18.4 Å². The molecule has 2 atom stereocenters. The van der Waals surface area contributed by atoms with E-state index in [1.54, 1.807) is 4.90 Å². The molecular formula is C22H26N6O3. The van der Waals surface area contributed by atoms with E-state index >= 15 is 0 Å². The van der Waals surface area contributed by atoms with Crippen molar-refractivity contribution < 1.29 is 14.4 Å². The number of hydrogen-bond donors (Lipinski definition) is 3. The molecule has 3 N–H and O–H groups in total. The van der Waals surface area contributed by atoms with Gasteiger partial charge in [0.05, 0.1) is 17.9 Å². The van der Waals surface area contributed by atoms with E-state index < -0.39 is 6.04 Å². The maximum absolute atomic E-state index is 12.8. The number of anilines is 1. The van der Waals surface area contributed by atoms with Gasteiger partial charge in [-0.2, -0.15) is 5.10 Å². The lowest BCUT2D eigenvalue weighted by Gasteiger charge is -2.29. The number of nitrogens with one attached hydrogen (secondary N) is 3. The fraction of sp³-hybridized carbons (Fsp3) is 0.455. The van der Waals surface area contributed by atoms with Crippen molar-refractivity contribution in [3.63, 3.8) is 0 Å². The number of imide groups is 1. The Morgan fingerprint density at radius 3 is 2.90 bits per heavy atom. The summed E-state index contributed by atoms with van der Waals surface area (Å²) in [4.78, 5) is 38.0. The van der Waals surface area contributed by atoms with Crippen LogP contribution in [0.15, 0.2) is 30.6 Å². The topological polar surface area (TPSA) is 108 Å². The number of nitrogens with zero attached hydrogens (tertiary/aromatic N) is 3. The summed E-state index contributed by atoms with van der Waals surface area (Å²) < 4.78 is 2.02. The summed E-state index contributed by atoms with van der Waals surface area (Å²) in [7, 11) is 0. The molecule has 3 aliphatic heterocycles. The fourth-order valence-corrected chi connectivity index (χ4v) is 4.63. The van der Waals surface area contributed by atoms with Gasteiger partial charge < -0.3 is 15.5 Å². The Bertz CT molecular complexity index is 1030. The summed E-state index contributed by atoms with van der Waals surface area (Å²) in [6.07, 6.45) is 6.82. The number of benzene rings is 1. The smallest absolute Gasteiger partial charge is 0.255 e. The predicted molar refractivity (Wildman–Crippen MR) is 113 cm³/mol. The van der Waals surface area contributed by atoms with E-state index in [2.05, 4.69) is 21.0 Å². The van der Waals surface area contributed by atoms with Crippen LogP contribution in [0.4, 0.5) is 5.69 Å². The van der Waals surface area contributed by atoms with Crippen LogP contribution in [0, 0.1) is 0 Å². The molecule has 0 aliphatic carbocycles. The van der Waals surface area contributed by atoms with E-state index in [1.165, 1.54) is 0 Å². The van der Waals surface area contributed by atoms with Gasteiger partial charge in [0.1, 0.15) is 6.04 Å². The van der Waals surface area contributed by atoms with Crippen LogP contribution < -0.4 is 16.0 Å². The molecule has 9 heteroatoms. The lowest BCUT2D eigenvalue weighted by Crippen LogP contribution is -2.52. The Hall–Kier alpha value is -3.20. The van der Waals surface area contributed by atoms with Crippen molar-refractivity contribution in [3.05, 3.63) is 47.3 Å². The van der Waals surface area contributed by atoms with Crippen LogP contribution >= 0.6 is 0 Å². The Labute approximate surface area is 180 Å². The van der Waals surface area contributed by atoms with Crippen LogP contribution in [-0.4, -0.2) is 51.5 Å². The molecule has 162 valence electrons. The Kier molecular flexibility index (Phi) is 5.19. The molecule has 1 aromatic carbocycles. The largest absolute Gasteiger partial charge is 0.378 e. The summed E-state index contributed by atoms with van der Waals surface area (Å²) in [6, 6.07) is 5.60. The van der Waals surface area contributed by atoms with Crippen LogP contribution in [0.5, 0.6) is 0 Å². The zero-order valence-corrected chi connectivity index (χ0v) is 17.3. The van der Waals surface area contributed by atoms with E-state index in [-0.39, 0.29) is 24.1 Å². The highest BCUT2D eigenvalue weighted by atomic mass is 16.2. The van der Waals surface area contributed by atoms with Gasteiger partial charge >= 0.3 is 0 Å². The highest BCUT2D eigenvalue weighted by molar-refractivity contribution is 6.05. The molecule has 0 saturated carbocycles. The summed E-state index contributed by atoms with van der Waals surface area (Å²) in [6.45, 7) is 3.03. The number of piperidine rings is 2. The minimum absolute atomic E-state index is 0.147. The fourth-order valence-electron chi connectivity index (χ4n) is 4.63. The van der Waals surface area contributed by atoms with Gasteiger partial charge in [-0.25, -0.2) is 0 Å². The van der Waals surface area contributed by atoms with Crippen molar-refractivity contribution in [1.29, 1.82) is 0 Å². The molecule has 3 aliphatic rings. The maximum atomic E-state index is 12.8. The van der Waals surface area contributed by atoms with E-state index in [4.69, 9.17) is 0 Å². The van der Waals surface area contributed by atoms with Gasteiger partial charge in [-0.05, 0) is 43.0 Å². The third-order valence-electron chi connectivity index (χ3n) is 6.33. The third kappa shape index (κ3) is 3.93. The van der Waals surface area contributed by atoms with Gasteiger partial charge in [0.25, 0.3) is 5.91 Å². The molecule has 4 heterocycles. The summed E-state index contributed by atoms with van der Waals surface area (Å²) in [5.74, 6) is -0.808. The lowest BCUT2D eigenvalue weighted by molar-refractivity contribution is -0.136. The van der Waals surface area contributed by atoms with Crippen LogP contribution in [0.1, 0.15) is 53.2 Å². The van der Waals surface area contributed by atoms with E-state index in [0.717, 1.165) is 42.7 Å². The predicted octanol–water partition coefficient (Wildman–Crippen LogP) is 1.18. The molecule has 2 unspecified atom stereocenters. The zero-order valence-electron chi connectivity index (χ0n) is 17.3. The van der Waals surface area contributed by atoms with Crippen molar-refractivity contribution in [1.82, 2.24) is 25.3 Å². The van der Waals surface area contributed by atoms with Gasteiger partial charge in [0.2, 0.25) is 11.8 Å².